The molecule has 0 aliphatic heterocycles. The number of carbonyl (C=O) groups excluding carboxylic acids is 1. The zero-order valence-corrected chi connectivity index (χ0v) is 13.7. The van der Waals surface area contributed by atoms with Crippen molar-refractivity contribution in [2.45, 2.75) is 70.9 Å². The average molecular weight is 284 g/mol. The van der Waals surface area contributed by atoms with Gasteiger partial charge in [-0.2, -0.15) is 0 Å². The summed E-state index contributed by atoms with van der Waals surface area (Å²) in [4.78, 5) is 14.9. The van der Waals surface area contributed by atoms with Gasteiger partial charge in [-0.15, -0.1) is 0 Å². The molecule has 4 nitrogen and oxygen atoms in total. The first-order valence-corrected chi connectivity index (χ1v) is 8.22. The minimum atomic E-state index is -0.461. The molecule has 2 atom stereocenters. The molecule has 0 radical (unpaired) electrons. The lowest BCUT2D eigenvalue weighted by Gasteiger charge is -2.42. The maximum atomic E-state index is 12.4. The van der Waals surface area contributed by atoms with Crippen molar-refractivity contribution in [1.82, 2.24) is 10.2 Å². The third-order valence-electron chi connectivity index (χ3n) is 4.30. The molecule has 1 rings (SSSR count). The Morgan fingerprint density at radius 3 is 2.70 bits per heavy atom. The van der Waals surface area contributed by atoms with E-state index in [1.54, 1.807) is 0 Å². The highest BCUT2D eigenvalue weighted by molar-refractivity contribution is 5.81. The van der Waals surface area contributed by atoms with E-state index in [2.05, 4.69) is 31.1 Å². The predicted molar refractivity (Wildman–Crippen MR) is 82.8 cm³/mol. The zero-order valence-electron chi connectivity index (χ0n) is 13.7. The highest BCUT2D eigenvalue weighted by Crippen LogP contribution is 2.32. The first-order valence-electron chi connectivity index (χ1n) is 8.22. The van der Waals surface area contributed by atoms with Crippen LogP contribution >= 0.6 is 0 Å². The maximum absolute atomic E-state index is 12.4. The van der Waals surface area contributed by atoms with Gasteiger partial charge in [0.1, 0.15) is 5.54 Å². The molecule has 0 heterocycles. The predicted octanol–water partition coefficient (Wildman–Crippen LogP) is 2.57. The van der Waals surface area contributed by atoms with Gasteiger partial charge in [0, 0.05) is 6.04 Å². The minimum absolute atomic E-state index is 0.0527. The van der Waals surface area contributed by atoms with E-state index < -0.39 is 5.54 Å². The Labute approximate surface area is 124 Å². The van der Waals surface area contributed by atoms with Crippen LogP contribution in [0.4, 0.5) is 0 Å². The van der Waals surface area contributed by atoms with Gasteiger partial charge in [0.15, 0.2) is 0 Å². The van der Waals surface area contributed by atoms with E-state index in [0.29, 0.717) is 12.6 Å². The van der Waals surface area contributed by atoms with Crippen LogP contribution in [0.15, 0.2) is 0 Å². The van der Waals surface area contributed by atoms with Crippen LogP contribution in [0, 0.1) is 0 Å². The highest BCUT2D eigenvalue weighted by Gasteiger charge is 2.44. The van der Waals surface area contributed by atoms with Gasteiger partial charge in [0.25, 0.3) is 0 Å². The third kappa shape index (κ3) is 4.45. The largest absolute Gasteiger partial charge is 0.465 e. The summed E-state index contributed by atoms with van der Waals surface area (Å²) in [5.74, 6) is -0.0527. The molecule has 4 heteroatoms. The van der Waals surface area contributed by atoms with Crippen molar-refractivity contribution in [3.63, 3.8) is 0 Å². The Morgan fingerprint density at radius 2 is 2.10 bits per heavy atom. The lowest BCUT2D eigenvalue weighted by molar-refractivity contribution is -0.153. The van der Waals surface area contributed by atoms with E-state index >= 15 is 0 Å². The summed E-state index contributed by atoms with van der Waals surface area (Å²) >= 11 is 0. The second-order valence-corrected chi connectivity index (χ2v) is 5.96. The molecule has 2 unspecified atom stereocenters. The minimum Gasteiger partial charge on any atom is -0.465 e. The normalized spacial score (nSPS) is 26.8. The topological polar surface area (TPSA) is 41.6 Å². The third-order valence-corrected chi connectivity index (χ3v) is 4.30. The molecule has 0 amide bonds. The van der Waals surface area contributed by atoms with E-state index in [1.165, 1.54) is 6.42 Å². The standard InChI is InChI=1S/C16H32N2O2/c1-5-11-17-16(15(19)20-7-3)10-8-9-14(13-16)18(4)12-6-2/h14,17H,5-13H2,1-4H3. The van der Waals surface area contributed by atoms with Gasteiger partial charge in [0.05, 0.1) is 6.61 Å². The van der Waals surface area contributed by atoms with Gasteiger partial charge < -0.3 is 15.0 Å². The Bertz CT molecular complexity index is 296. The van der Waals surface area contributed by atoms with Crippen LogP contribution in [0.3, 0.4) is 0 Å². The summed E-state index contributed by atoms with van der Waals surface area (Å²) in [6.45, 7) is 8.65. The molecular formula is C16H32N2O2. The summed E-state index contributed by atoms with van der Waals surface area (Å²) in [5, 5.41) is 3.50. The van der Waals surface area contributed by atoms with Crippen LogP contribution in [0.25, 0.3) is 0 Å². The number of hydrogen-bond acceptors (Lipinski definition) is 4. The van der Waals surface area contributed by atoms with E-state index in [1.807, 2.05) is 6.92 Å². The van der Waals surface area contributed by atoms with E-state index in [4.69, 9.17) is 4.74 Å². The number of hydrogen-bond donors (Lipinski definition) is 1. The lowest BCUT2D eigenvalue weighted by Crippen LogP contribution is -2.58. The van der Waals surface area contributed by atoms with Gasteiger partial charge in [0.2, 0.25) is 0 Å². The number of nitrogens with zero attached hydrogens (tertiary/aromatic N) is 1. The van der Waals surface area contributed by atoms with Crippen molar-refractivity contribution >= 4 is 5.97 Å². The van der Waals surface area contributed by atoms with Gasteiger partial charge in [-0.1, -0.05) is 13.8 Å². The summed E-state index contributed by atoms with van der Waals surface area (Å²) in [6.07, 6.45) is 6.25. The van der Waals surface area contributed by atoms with E-state index in [0.717, 1.165) is 45.2 Å². The molecule has 0 aromatic rings. The molecule has 118 valence electrons. The molecule has 0 spiro atoms. The molecule has 0 aromatic carbocycles. The number of esters is 1. The fraction of sp³-hybridized carbons (Fsp3) is 0.938. The molecule has 1 fully saturated rings. The van der Waals surface area contributed by atoms with E-state index in [-0.39, 0.29) is 5.97 Å². The lowest BCUT2D eigenvalue weighted by atomic mass is 9.78. The highest BCUT2D eigenvalue weighted by atomic mass is 16.5. The van der Waals surface area contributed by atoms with Crippen molar-refractivity contribution in [3.8, 4) is 0 Å². The van der Waals surface area contributed by atoms with Gasteiger partial charge >= 0.3 is 5.97 Å². The van der Waals surface area contributed by atoms with E-state index in [9.17, 15) is 4.79 Å². The van der Waals surface area contributed by atoms with Crippen LogP contribution in [-0.2, 0) is 9.53 Å². The molecule has 0 aromatic heterocycles. The summed E-state index contributed by atoms with van der Waals surface area (Å²) in [5.41, 5.74) is -0.461. The fourth-order valence-corrected chi connectivity index (χ4v) is 3.21. The monoisotopic (exact) mass is 284 g/mol. The van der Waals surface area contributed by atoms with Crippen LogP contribution in [-0.4, -0.2) is 49.2 Å². The summed E-state index contributed by atoms with van der Waals surface area (Å²) in [6, 6.07) is 0.484. The van der Waals surface area contributed by atoms with Gasteiger partial charge in [-0.3, -0.25) is 4.79 Å². The van der Waals surface area contributed by atoms with Crippen LogP contribution in [0.1, 0.15) is 59.3 Å². The Balaban J connectivity index is 2.78. The van der Waals surface area contributed by atoms with Gasteiger partial charge in [-0.25, -0.2) is 0 Å². The summed E-state index contributed by atoms with van der Waals surface area (Å²) < 4.78 is 5.35. The number of rotatable bonds is 8. The van der Waals surface area contributed by atoms with Crippen LogP contribution < -0.4 is 5.32 Å². The Hall–Kier alpha value is -0.610. The fourth-order valence-electron chi connectivity index (χ4n) is 3.21. The zero-order chi connectivity index (χ0) is 15.0. The SMILES string of the molecule is CCCNC1(C(=O)OCC)CCCC(N(C)CCC)C1. The van der Waals surface area contributed by atoms with Crippen molar-refractivity contribution in [2.75, 3.05) is 26.7 Å². The number of carbonyl (C=O) groups is 1. The average Bonchev–Trinajstić information content (AvgIpc) is 2.46. The molecule has 0 bridgehead atoms. The van der Waals surface area contributed by atoms with Crippen molar-refractivity contribution in [3.05, 3.63) is 0 Å². The number of ether oxygens (including phenoxy) is 1. The number of nitrogens with one attached hydrogen (secondary N) is 1. The molecule has 1 saturated carbocycles. The molecular weight excluding hydrogens is 252 g/mol. The maximum Gasteiger partial charge on any atom is 0.326 e. The van der Waals surface area contributed by atoms with Crippen molar-refractivity contribution in [1.29, 1.82) is 0 Å². The molecule has 1 N–H and O–H groups in total. The quantitative estimate of drug-likeness (QED) is 0.696. The van der Waals surface area contributed by atoms with Crippen LogP contribution in [0.2, 0.25) is 0 Å². The second kappa shape index (κ2) is 8.63. The first kappa shape index (κ1) is 17.4. The van der Waals surface area contributed by atoms with Crippen molar-refractivity contribution in [2.24, 2.45) is 0 Å². The molecule has 1 aliphatic carbocycles. The first-order chi connectivity index (χ1) is 9.59. The summed E-state index contributed by atoms with van der Waals surface area (Å²) in [7, 11) is 2.18. The Kier molecular flexibility index (Phi) is 7.52. The molecule has 20 heavy (non-hydrogen) atoms. The van der Waals surface area contributed by atoms with Gasteiger partial charge in [-0.05, 0) is 65.6 Å². The Morgan fingerprint density at radius 1 is 1.35 bits per heavy atom. The second-order valence-electron chi connectivity index (χ2n) is 5.96. The molecule has 0 saturated heterocycles. The molecule has 1 aliphatic rings. The van der Waals surface area contributed by atoms with Crippen LogP contribution in [0.5, 0.6) is 0 Å². The van der Waals surface area contributed by atoms with Crippen molar-refractivity contribution < 1.29 is 9.53 Å². The smallest absolute Gasteiger partial charge is 0.326 e.